The van der Waals surface area contributed by atoms with Crippen molar-refractivity contribution in [3.63, 3.8) is 0 Å². The Labute approximate surface area is 157 Å². The van der Waals surface area contributed by atoms with Gasteiger partial charge in [0.15, 0.2) is 0 Å². The van der Waals surface area contributed by atoms with Crippen molar-refractivity contribution in [3.05, 3.63) is 63.6 Å². The number of carbonyl (C=O) groups is 1. The van der Waals surface area contributed by atoms with Gasteiger partial charge in [-0.05, 0) is 37.1 Å². The minimum Gasteiger partial charge on any atom is -0.488 e. The van der Waals surface area contributed by atoms with Crippen molar-refractivity contribution in [2.24, 2.45) is 0 Å². The lowest BCUT2D eigenvalue weighted by molar-refractivity contribution is 0.0854. The Bertz CT molecular complexity index is 745. The van der Waals surface area contributed by atoms with Gasteiger partial charge in [-0.2, -0.15) is 0 Å². The lowest BCUT2D eigenvalue weighted by Crippen LogP contribution is -2.32. The number of amides is 1. The molecule has 1 aliphatic rings. The second-order valence-corrected chi connectivity index (χ2v) is 6.71. The van der Waals surface area contributed by atoms with Crippen LogP contribution in [0.15, 0.2) is 42.5 Å². The van der Waals surface area contributed by atoms with E-state index < -0.39 is 0 Å². The van der Waals surface area contributed by atoms with Crippen LogP contribution >= 0.6 is 23.2 Å². The van der Waals surface area contributed by atoms with Crippen molar-refractivity contribution in [2.75, 3.05) is 13.2 Å². The van der Waals surface area contributed by atoms with Gasteiger partial charge in [-0.15, -0.1) is 0 Å². The highest BCUT2D eigenvalue weighted by atomic mass is 35.5. The van der Waals surface area contributed by atoms with E-state index in [2.05, 4.69) is 5.32 Å². The smallest absolute Gasteiger partial charge is 0.255 e. The molecular formula is C19H19Cl2NO3. The molecule has 6 heteroatoms. The predicted molar refractivity (Wildman–Crippen MR) is 98.5 cm³/mol. The lowest BCUT2D eigenvalue weighted by Gasteiger charge is -2.14. The monoisotopic (exact) mass is 379 g/mol. The third kappa shape index (κ3) is 4.88. The molecule has 1 heterocycles. The molecule has 0 radical (unpaired) electrons. The number of benzene rings is 2. The third-order valence-corrected chi connectivity index (χ3v) is 4.63. The van der Waals surface area contributed by atoms with Crippen molar-refractivity contribution in [2.45, 2.75) is 25.6 Å². The van der Waals surface area contributed by atoms with Gasteiger partial charge in [-0.3, -0.25) is 4.79 Å². The van der Waals surface area contributed by atoms with Gasteiger partial charge in [0.2, 0.25) is 0 Å². The zero-order valence-corrected chi connectivity index (χ0v) is 15.1. The molecule has 1 saturated heterocycles. The van der Waals surface area contributed by atoms with Crippen LogP contribution in [0.4, 0.5) is 0 Å². The second-order valence-electron chi connectivity index (χ2n) is 5.87. The van der Waals surface area contributed by atoms with Gasteiger partial charge in [0.05, 0.1) is 11.7 Å². The normalized spacial score (nSPS) is 16.6. The second kappa shape index (κ2) is 8.56. The number of nitrogens with one attached hydrogen (secondary N) is 1. The molecule has 1 amide bonds. The van der Waals surface area contributed by atoms with E-state index in [0.717, 1.165) is 25.0 Å². The fourth-order valence-corrected chi connectivity index (χ4v) is 3.14. The summed E-state index contributed by atoms with van der Waals surface area (Å²) in [6.07, 6.45) is 2.13. The first-order valence-corrected chi connectivity index (χ1v) is 8.94. The number of hydrogen-bond donors (Lipinski definition) is 1. The number of hydrogen-bond acceptors (Lipinski definition) is 3. The summed E-state index contributed by atoms with van der Waals surface area (Å²) in [6.45, 7) is 1.53. The third-order valence-electron chi connectivity index (χ3n) is 4.04. The Morgan fingerprint density at radius 1 is 1.24 bits per heavy atom. The Hall–Kier alpha value is -1.75. The van der Waals surface area contributed by atoms with Crippen molar-refractivity contribution in [1.29, 1.82) is 0 Å². The van der Waals surface area contributed by atoms with Gasteiger partial charge in [-0.25, -0.2) is 0 Å². The van der Waals surface area contributed by atoms with Gasteiger partial charge in [0.25, 0.3) is 5.91 Å². The molecule has 1 atom stereocenters. The molecule has 0 bridgehead atoms. The highest BCUT2D eigenvalue weighted by Crippen LogP contribution is 2.24. The molecule has 0 aliphatic carbocycles. The maximum Gasteiger partial charge on any atom is 0.255 e. The summed E-state index contributed by atoms with van der Waals surface area (Å²) in [5, 5.41) is 4.02. The van der Waals surface area contributed by atoms with Crippen LogP contribution in [0.2, 0.25) is 10.0 Å². The van der Waals surface area contributed by atoms with Crippen molar-refractivity contribution < 1.29 is 14.3 Å². The van der Waals surface area contributed by atoms with Crippen molar-refractivity contribution in [1.82, 2.24) is 5.32 Å². The molecule has 0 aromatic heterocycles. The zero-order valence-electron chi connectivity index (χ0n) is 13.6. The summed E-state index contributed by atoms with van der Waals surface area (Å²) in [5.41, 5.74) is 1.30. The fraction of sp³-hybridized carbons (Fsp3) is 0.316. The molecular weight excluding hydrogens is 361 g/mol. The van der Waals surface area contributed by atoms with Crippen LogP contribution in [0.5, 0.6) is 5.75 Å². The van der Waals surface area contributed by atoms with E-state index in [1.165, 1.54) is 0 Å². The highest BCUT2D eigenvalue weighted by molar-refractivity contribution is 6.35. The van der Waals surface area contributed by atoms with Crippen LogP contribution in [0, 0.1) is 0 Å². The fourth-order valence-electron chi connectivity index (χ4n) is 2.68. The molecule has 0 unspecified atom stereocenters. The zero-order chi connectivity index (χ0) is 17.6. The SMILES string of the molecule is O=C(NC[C@H]1CCCO1)c1ccccc1OCc1ccc(Cl)cc1Cl. The van der Waals surface area contributed by atoms with Gasteiger partial charge >= 0.3 is 0 Å². The lowest BCUT2D eigenvalue weighted by atomic mass is 10.1. The maximum absolute atomic E-state index is 12.5. The Morgan fingerprint density at radius 2 is 2.08 bits per heavy atom. The van der Waals surface area contributed by atoms with E-state index in [1.807, 2.05) is 18.2 Å². The van der Waals surface area contributed by atoms with Crippen LogP contribution in [0.25, 0.3) is 0 Å². The van der Waals surface area contributed by atoms with E-state index in [4.69, 9.17) is 32.7 Å². The molecule has 1 N–H and O–H groups in total. The summed E-state index contributed by atoms with van der Waals surface area (Å²) in [5.74, 6) is 0.340. The van der Waals surface area contributed by atoms with Crippen LogP contribution < -0.4 is 10.1 Å². The molecule has 0 saturated carbocycles. The maximum atomic E-state index is 12.5. The first-order chi connectivity index (χ1) is 12.1. The molecule has 1 aliphatic heterocycles. The molecule has 2 aromatic carbocycles. The molecule has 4 nitrogen and oxygen atoms in total. The average molecular weight is 380 g/mol. The minimum atomic E-state index is -0.173. The standard InChI is InChI=1S/C19H19Cl2NO3/c20-14-8-7-13(17(21)10-14)12-25-18-6-2-1-5-16(18)19(23)22-11-15-4-3-9-24-15/h1-2,5-8,10,15H,3-4,9,11-12H2,(H,22,23)/t15-/m1/s1. The number of para-hydroxylation sites is 1. The van der Waals surface area contributed by atoms with E-state index in [1.54, 1.807) is 24.3 Å². The minimum absolute atomic E-state index is 0.102. The molecule has 3 rings (SSSR count). The predicted octanol–water partition coefficient (Wildman–Crippen LogP) is 4.48. The Balaban J connectivity index is 1.64. The van der Waals surface area contributed by atoms with Crippen LogP contribution in [0.1, 0.15) is 28.8 Å². The first-order valence-electron chi connectivity index (χ1n) is 8.19. The quantitative estimate of drug-likeness (QED) is 0.804. The number of halogens is 2. The Kier molecular flexibility index (Phi) is 6.19. The van der Waals surface area contributed by atoms with E-state index in [-0.39, 0.29) is 18.6 Å². The topological polar surface area (TPSA) is 47.6 Å². The molecule has 25 heavy (non-hydrogen) atoms. The van der Waals surface area contributed by atoms with E-state index >= 15 is 0 Å². The highest BCUT2D eigenvalue weighted by Gasteiger charge is 2.18. The average Bonchev–Trinajstić information content (AvgIpc) is 3.13. The van der Waals surface area contributed by atoms with E-state index in [0.29, 0.717) is 27.9 Å². The van der Waals surface area contributed by atoms with Crippen LogP contribution in [0.3, 0.4) is 0 Å². The van der Waals surface area contributed by atoms with Gasteiger partial charge < -0.3 is 14.8 Å². The molecule has 1 fully saturated rings. The molecule has 0 spiro atoms. The first kappa shape index (κ1) is 18.1. The van der Waals surface area contributed by atoms with Gasteiger partial charge in [-0.1, -0.05) is 41.4 Å². The van der Waals surface area contributed by atoms with E-state index in [9.17, 15) is 4.79 Å². The van der Waals surface area contributed by atoms with Crippen molar-refractivity contribution >= 4 is 29.1 Å². The summed E-state index contributed by atoms with van der Waals surface area (Å²) in [4.78, 5) is 12.5. The molecule has 132 valence electrons. The van der Waals surface area contributed by atoms with Gasteiger partial charge in [0.1, 0.15) is 12.4 Å². The van der Waals surface area contributed by atoms with Gasteiger partial charge in [0, 0.05) is 28.8 Å². The van der Waals surface area contributed by atoms with Crippen LogP contribution in [-0.2, 0) is 11.3 Å². The van der Waals surface area contributed by atoms with Crippen molar-refractivity contribution in [3.8, 4) is 5.75 Å². The number of ether oxygens (including phenoxy) is 2. The largest absolute Gasteiger partial charge is 0.488 e. The number of rotatable bonds is 6. The molecule has 2 aromatic rings. The summed E-state index contributed by atoms with van der Waals surface area (Å²) in [7, 11) is 0. The summed E-state index contributed by atoms with van der Waals surface area (Å²) in [6, 6.07) is 12.4. The summed E-state index contributed by atoms with van der Waals surface area (Å²) >= 11 is 12.1. The Morgan fingerprint density at radius 3 is 2.84 bits per heavy atom. The summed E-state index contributed by atoms with van der Waals surface area (Å²) < 4.78 is 11.3. The van der Waals surface area contributed by atoms with Crippen LogP contribution in [-0.4, -0.2) is 25.2 Å². The number of carbonyl (C=O) groups excluding carboxylic acids is 1.